The van der Waals surface area contributed by atoms with Crippen molar-refractivity contribution in [2.24, 2.45) is 5.92 Å². The topological polar surface area (TPSA) is 52.6 Å². The van der Waals surface area contributed by atoms with Gasteiger partial charge in [-0.3, -0.25) is 9.59 Å². The van der Waals surface area contributed by atoms with E-state index >= 15 is 0 Å². The Kier molecular flexibility index (Phi) is 11.3. The van der Waals surface area contributed by atoms with Crippen molar-refractivity contribution in [2.75, 3.05) is 13.2 Å². The van der Waals surface area contributed by atoms with Crippen LogP contribution < -0.4 is 0 Å². The second-order valence-electron chi connectivity index (χ2n) is 5.00. The first-order valence-electron chi connectivity index (χ1n) is 7.41. The van der Waals surface area contributed by atoms with Crippen molar-refractivity contribution in [1.29, 1.82) is 0 Å². The van der Waals surface area contributed by atoms with Crippen LogP contribution in [0.1, 0.15) is 65.7 Å². The van der Waals surface area contributed by atoms with E-state index < -0.39 is 0 Å². The molecule has 0 aromatic heterocycles. The van der Waals surface area contributed by atoms with E-state index in [1.165, 1.54) is 0 Å². The van der Waals surface area contributed by atoms with Gasteiger partial charge in [-0.2, -0.15) is 0 Å². The summed E-state index contributed by atoms with van der Waals surface area (Å²) in [5.41, 5.74) is 0. The summed E-state index contributed by atoms with van der Waals surface area (Å²) in [7, 11) is 0. The van der Waals surface area contributed by atoms with Crippen molar-refractivity contribution in [1.82, 2.24) is 0 Å². The van der Waals surface area contributed by atoms with Gasteiger partial charge < -0.3 is 9.47 Å². The van der Waals surface area contributed by atoms with Crippen molar-refractivity contribution >= 4 is 11.9 Å². The molecule has 0 aliphatic carbocycles. The minimum atomic E-state index is -0.222. The third kappa shape index (κ3) is 11.7. The second-order valence-corrected chi connectivity index (χ2v) is 5.00. The molecule has 0 aromatic rings. The number of unbranched alkanes of at least 4 members (excludes halogenated alkanes) is 1. The fraction of sp³-hybridized carbons (Fsp3) is 0.867. The molecule has 1 atom stereocenters. The molecule has 4 heteroatoms. The number of hydrogen-bond acceptors (Lipinski definition) is 4. The summed E-state index contributed by atoms with van der Waals surface area (Å²) in [5, 5.41) is 0. The number of esters is 2. The van der Waals surface area contributed by atoms with Crippen LogP contribution in [0.2, 0.25) is 0 Å². The first-order valence-corrected chi connectivity index (χ1v) is 7.41. The van der Waals surface area contributed by atoms with Crippen molar-refractivity contribution < 1.29 is 19.1 Å². The molecule has 0 heterocycles. The minimum Gasteiger partial charge on any atom is -0.466 e. The third-order valence-corrected chi connectivity index (χ3v) is 2.83. The summed E-state index contributed by atoms with van der Waals surface area (Å²) in [6.07, 6.45) is 5.16. The Morgan fingerprint density at radius 3 is 2.16 bits per heavy atom. The molecule has 0 N–H and O–H groups in total. The maximum Gasteiger partial charge on any atom is 0.305 e. The highest BCUT2D eigenvalue weighted by molar-refractivity contribution is 5.72. The molecule has 0 spiro atoms. The smallest absolute Gasteiger partial charge is 0.305 e. The lowest BCUT2D eigenvalue weighted by Gasteiger charge is -2.10. The number of hydrogen-bond donors (Lipinski definition) is 0. The predicted octanol–water partition coefficient (Wildman–Crippen LogP) is 3.48. The fourth-order valence-corrected chi connectivity index (χ4v) is 1.66. The van der Waals surface area contributed by atoms with Crippen LogP contribution in [0.15, 0.2) is 0 Å². The normalized spacial score (nSPS) is 11.9. The molecule has 0 saturated carbocycles. The standard InChI is InChI=1S/C15H28O4/c1-4-6-11-18-14(16)9-7-10-15(17)19-12-13(3)8-5-2/h13H,4-12H2,1-3H3. The van der Waals surface area contributed by atoms with E-state index in [2.05, 4.69) is 13.8 Å². The lowest BCUT2D eigenvalue weighted by Crippen LogP contribution is -2.12. The molecule has 0 aromatic carbocycles. The SMILES string of the molecule is CCCCOC(=O)CCCC(=O)OCC(C)CCC. The average molecular weight is 272 g/mol. The van der Waals surface area contributed by atoms with E-state index in [0.29, 0.717) is 38.4 Å². The zero-order valence-electron chi connectivity index (χ0n) is 12.6. The Labute approximate surface area is 116 Å². The molecule has 1 unspecified atom stereocenters. The second kappa shape index (κ2) is 12.0. The Hall–Kier alpha value is -1.06. The first-order chi connectivity index (χ1) is 9.10. The highest BCUT2D eigenvalue weighted by Crippen LogP contribution is 2.07. The van der Waals surface area contributed by atoms with Gasteiger partial charge in [-0.25, -0.2) is 0 Å². The van der Waals surface area contributed by atoms with Crippen LogP contribution in [0.5, 0.6) is 0 Å². The van der Waals surface area contributed by atoms with Gasteiger partial charge >= 0.3 is 11.9 Å². The van der Waals surface area contributed by atoms with Crippen molar-refractivity contribution in [3.8, 4) is 0 Å². The first kappa shape index (κ1) is 17.9. The molecule has 0 amide bonds. The minimum absolute atomic E-state index is 0.218. The highest BCUT2D eigenvalue weighted by atomic mass is 16.5. The number of carbonyl (C=O) groups is 2. The van der Waals surface area contributed by atoms with Gasteiger partial charge in [-0.15, -0.1) is 0 Å². The van der Waals surface area contributed by atoms with Crippen molar-refractivity contribution in [3.63, 3.8) is 0 Å². The maximum absolute atomic E-state index is 11.4. The van der Waals surface area contributed by atoms with Crippen LogP contribution in [-0.4, -0.2) is 25.2 Å². The molecule has 4 nitrogen and oxygen atoms in total. The lowest BCUT2D eigenvalue weighted by atomic mass is 10.1. The van der Waals surface area contributed by atoms with Crippen LogP contribution >= 0.6 is 0 Å². The molecule has 19 heavy (non-hydrogen) atoms. The Morgan fingerprint density at radius 2 is 1.58 bits per heavy atom. The Bertz CT molecular complexity index is 251. The van der Waals surface area contributed by atoms with Gasteiger partial charge in [0.25, 0.3) is 0 Å². The summed E-state index contributed by atoms with van der Waals surface area (Å²) in [6, 6.07) is 0. The molecule has 0 rings (SSSR count). The third-order valence-electron chi connectivity index (χ3n) is 2.83. The molecule has 0 aliphatic rings. The Balaban J connectivity index is 3.49. The van der Waals surface area contributed by atoms with E-state index in [1.807, 2.05) is 6.92 Å². The average Bonchev–Trinajstić information content (AvgIpc) is 2.37. The van der Waals surface area contributed by atoms with Crippen LogP contribution in [-0.2, 0) is 19.1 Å². The summed E-state index contributed by atoms with van der Waals surface area (Å²) >= 11 is 0. The van der Waals surface area contributed by atoms with Gasteiger partial charge in [0.1, 0.15) is 0 Å². The molecule has 0 aliphatic heterocycles. The zero-order valence-corrected chi connectivity index (χ0v) is 12.6. The molecule has 112 valence electrons. The van der Waals surface area contributed by atoms with Crippen LogP contribution in [0.4, 0.5) is 0 Å². The van der Waals surface area contributed by atoms with Gasteiger partial charge in [0.2, 0.25) is 0 Å². The number of carbonyl (C=O) groups excluding carboxylic acids is 2. The lowest BCUT2D eigenvalue weighted by molar-refractivity contribution is -0.146. The van der Waals surface area contributed by atoms with Gasteiger partial charge in [-0.05, 0) is 25.2 Å². The highest BCUT2D eigenvalue weighted by Gasteiger charge is 2.09. The summed E-state index contributed by atoms with van der Waals surface area (Å²) in [5.74, 6) is -0.0297. The summed E-state index contributed by atoms with van der Waals surface area (Å²) < 4.78 is 10.1. The maximum atomic E-state index is 11.4. The van der Waals surface area contributed by atoms with Crippen molar-refractivity contribution in [3.05, 3.63) is 0 Å². The quantitative estimate of drug-likeness (QED) is 0.427. The molecule has 0 radical (unpaired) electrons. The van der Waals surface area contributed by atoms with Crippen LogP contribution in [0.25, 0.3) is 0 Å². The molecular formula is C15H28O4. The number of rotatable bonds is 11. The van der Waals surface area contributed by atoms with E-state index in [4.69, 9.17) is 9.47 Å². The van der Waals surface area contributed by atoms with Gasteiger partial charge in [-0.1, -0.05) is 33.6 Å². The zero-order chi connectivity index (χ0) is 14.5. The summed E-state index contributed by atoms with van der Waals surface area (Å²) in [4.78, 5) is 22.7. The van der Waals surface area contributed by atoms with Gasteiger partial charge in [0, 0.05) is 12.8 Å². The number of ether oxygens (including phenoxy) is 2. The molecular weight excluding hydrogens is 244 g/mol. The van der Waals surface area contributed by atoms with Gasteiger partial charge in [0.05, 0.1) is 13.2 Å². The predicted molar refractivity (Wildman–Crippen MR) is 74.7 cm³/mol. The van der Waals surface area contributed by atoms with Gasteiger partial charge in [0.15, 0.2) is 0 Å². The summed E-state index contributed by atoms with van der Waals surface area (Å²) in [6.45, 7) is 7.19. The van der Waals surface area contributed by atoms with Crippen LogP contribution in [0.3, 0.4) is 0 Å². The monoisotopic (exact) mass is 272 g/mol. The largest absolute Gasteiger partial charge is 0.466 e. The van der Waals surface area contributed by atoms with Crippen molar-refractivity contribution in [2.45, 2.75) is 65.7 Å². The van der Waals surface area contributed by atoms with E-state index in [-0.39, 0.29) is 11.9 Å². The fourth-order valence-electron chi connectivity index (χ4n) is 1.66. The van der Waals surface area contributed by atoms with E-state index in [0.717, 1.165) is 25.7 Å². The molecule has 0 bridgehead atoms. The molecule has 0 saturated heterocycles. The van der Waals surface area contributed by atoms with E-state index in [1.54, 1.807) is 0 Å². The Morgan fingerprint density at radius 1 is 0.947 bits per heavy atom. The van der Waals surface area contributed by atoms with Crippen LogP contribution in [0, 0.1) is 5.92 Å². The molecule has 0 fully saturated rings. The van der Waals surface area contributed by atoms with E-state index in [9.17, 15) is 9.59 Å².